The van der Waals surface area contributed by atoms with Crippen LogP contribution in [0.15, 0.2) is 0 Å². The van der Waals surface area contributed by atoms with Gasteiger partial charge in [0.25, 0.3) is 0 Å². The summed E-state index contributed by atoms with van der Waals surface area (Å²) in [5, 5.41) is 0. The summed E-state index contributed by atoms with van der Waals surface area (Å²) in [5.74, 6) is 0.468. The van der Waals surface area contributed by atoms with Crippen LogP contribution in [0.5, 0.6) is 0 Å². The summed E-state index contributed by atoms with van der Waals surface area (Å²) in [7, 11) is 1.68. The van der Waals surface area contributed by atoms with Crippen LogP contribution in [0.4, 0.5) is 0 Å². The molecule has 0 bridgehead atoms. The van der Waals surface area contributed by atoms with Crippen LogP contribution in [-0.2, 0) is 14.3 Å². The van der Waals surface area contributed by atoms with Crippen molar-refractivity contribution in [2.45, 2.75) is 38.7 Å². The van der Waals surface area contributed by atoms with Crippen molar-refractivity contribution in [3.05, 3.63) is 0 Å². The van der Waals surface area contributed by atoms with E-state index in [1.54, 1.807) is 7.11 Å². The molecule has 14 heavy (non-hydrogen) atoms. The van der Waals surface area contributed by atoms with Crippen molar-refractivity contribution in [3.63, 3.8) is 0 Å². The first-order chi connectivity index (χ1) is 6.55. The highest BCUT2D eigenvalue weighted by Gasteiger charge is 2.25. The quantitative estimate of drug-likeness (QED) is 0.678. The van der Waals surface area contributed by atoms with Gasteiger partial charge in [-0.2, -0.15) is 0 Å². The molecule has 0 aliphatic carbocycles. The summed E-state index contributed by atoms with van der Waals surface area (Å²) < 4.78 is 10.5. The molecule has 3 nitrogen and oxygen atoms in total. The Labute approximate surface area is 85.8 Å². The molecule has 82 valence electrons. The van der Waals surface area contributed by atoms with Crippen LogP contribution in [0.3, 0.4) is 0 Å². The minimum atomic E-state index is -0.185. The highest BCUT2D eigenvalue weighted by Crippen LogP contribution is 2.20. The zero-order chi connectivity index (χ0) is 10.6. The number of carbonyl (C=O) groups is 1. The van der Waals surface area contributed by atoms with E-state index in [0.29, 0.717) is 18.8 Å². The van der Waals surface area contributed by atoms with Crippen molar-refractivity contribution in [3.8, 4) is 0 Å². The molecule has 0 saturated carbocycles. The van der Waals surface area contributed by atoms with E-state index in [9.17, 15) is 4.79 Å². The average Bonchev–Trinajstić information content (AvgIpc) is 2.67. The third kappa shape index (κ3) is 3.39. The van der Waals surface area contributed by atoms with Gasteiger partial charge in [-0.3, -0.25) is 4.79 Å². The maximum Gasteiger partial charge on any atom is 0.138 e. The maximum atomic E-state index is 11.7. The summed E-state index contributed by atoms with van der Waals surface area (Å²) >= 11 is 0. The number of Topliss-reactive ketones (excluding diaryl/α,β-unsaturated/α-hetero) is 1. The Morgan fingerprint density at radius 2 is 2.29 bits per heavy atom. The molecular weight excluding hydrogens is 180 g/mol. The van der Waals surface area contributed by atoms with E-state index in [4.69, 9.17) is 9.47 Å². The SMILES string of the molecule is COC(C)(C)CCC(=O)C1CCOC1. The summed E-state index contributed by atoms with van der Waals surface area (Å²) in [4.78, 5) is 11.7. The van der Waals surface area contributed by atoms with E-state index in [2.05, 4.69) is 0 Å². The van der Waals surface area contributed by atoms with Gasteiger partial charge in [0, 0.05) is 26.1 Å². The van der Waals surface area contributed by atoms with Gasteiger partial charge in [0.05, 0.1) is 12.2 Å². The number of rotatable bonds is 5. The molecule has 0 spiro atoms. The number of ether oxygens (including phenoxy) is 2. The zero-order valence-electron chi connectivity index (χ0n) is 9.34. The first kappa shape index (κ1) is 11.7. The van der Waals surface area contributed by atoms with E-state index in [1.165, 1.54) is 0 Å². The standard InChI is InChI=1S/C11H20O3/c1-11(2,13-3)6-4-10(12)9-5-7-14-8-9/h9H,4-8H2,1-3H3. The predicted molar refractivity (Wildman–Crippen MR) is 54.3 cm³/mol. The van der Waals surface area contributed by atoms with E-state index >= 15 is 0 Å². The van der Waals surface area contributed by atoms with Gasteiger partial charge in [-0.05, 0) is 26.7 Å². The molecule has 0 aromatic heterocycles. The Morgan fingerprint density at radius 3 is 2.79 bits per heavy atom. The van der Waals surface area contributed by atoms with E-state index in [-0.39, 0.29) is 11.5 Å². The molecule has 0 N–H and O–H groups in total. The molecule has 0 radical (unpaired) electrons. The molecule has 1 aliphatic heterocycles. The highest BCUT2D eigenvalue weighted by molar-refractivity contribution is 5.81. The van der Waals surface area contributed by atoms with Crippen LogP contribution >= 0.6 is 0 Å². The monoisotopic (exact) mass is 200 g/mol. The van der Waals surface area contributed by atoms with Crippen LogP contribution in [-0.4, -0.2) is 31.7 Å². The zero-order valence-corrected chi connectivity index (χ0v) is 9.34. The predicted octanol–water partition coefficient (Wildman–Crippen LogP) is 1.80. The van der Waals surface area contributed by atoms with Crippen LogP contribution in [0.2, 0.25) is 0 Å². The molecule has 1 heterocycles. The molecular formula is C11H20O3. The minimum Gasteiger partial charge on any atom is -0.381 e. The summed E-state index contributed by atoms with van der Waals surface area (Å²) in [6.07, 6.45) is 2.29. The molecule has 1 rings (SSSR count). The Morgan fingerprint density at radius 1 is 1.57 bits per heavy atom. The largest absolute Gasteiger partial charge is 0.381 e. The van der Waals surface area contributed by atoms with Gasteiger partial charge in [-0.15, -0.1) is 0 Å². The second-order valence-electron chi connectivity index (χ2n) is 4.49. The molecule has 1 saturated heterocycles. The van der Waals surface area contributed by atoms with E-state index in [1.807, 2.05) is 13.8 Å². The number of hydrogen-bond acceptors (Lipinski definition) is 3. The van der Waals surface area contributed by atoms with Gasteiger partial charge in [0.1, 0.15) is 5.78 Å². The summed E-state index contributed by atoms with van der Waals surface area (Å²) in [5.41, 5.74) is -0.185. The third-order valence-electron chi connectivity index (χ3n) is 2.91. The normalized spacial score (nSPS) is 22.6. The fraction of sp³-hybridized carbons (Fsp3) is 0.909. The van der Waals surface area contributed by atoms with Crippen LogP contribution in [0.1, 0.15) is 33.1 Å². The van der Waals surface area contributed by atoms with E-state index in [0.717, 1.165) is 19.4 Å². The Hall–Kier alpha value is -0.410. The molecule has 1 atom stereocenters. The van der Waals surface area contributed by atoms with Gasteiger partial charge >= 0.3 is 0 Å². The fourth-order valence-corrected chi connectivity index (χ4v) is 1.52. The Kier molecular flexibility index (Phi) is 4.08. The lowest BCUT2D eigenvalue weighted by atomic mass is 9.94. The third-order valence-corrected chi connectivity index (χ3v) is 2.91. The van der Waals surface area contributed by atoms with Crippen LogP contribution in [0, 0.1) is 5.92 Å². The second kappa shape index (κ2) is 4.89. The smallest absolute Gasteiger partial charge is 0.138 e. The van der Waals surface area contributed by atoms with Crippen molar-refractivity contribution < 1.29 is 14.3 Å². The highest BCUT2D eigenvalue weighted by atomic mass is 16.5. The molecule has 0 amide bonds. The molecule has 3 heteroatoms. The van der Waals surface area contributed by atoms with Gasteiger partial charge in [0.2, 0.25) is 0 Å². The molecule has 1 aliphatic rings. The second-order valence-corrected chi connectivity index (χ2v) is 4.49. The van der Waals surface area contributed by atoms with Crippen LogP contribution < -0.4 is 0 Å². The molecule has 1 fully saturated rings. The Bertz CT molecular complexity index is 193. The topological polar surface area (TPSA) is 35.5 Å². The van der Waals surface area contributed by atoms with Crippen molar-refractivity contribution >= 4 is 5.78 Å². The number of methoxy groups -OCH3 is 1. The number of carbonyl (C=O) groups excluding carboxylic acids is 1. The van der Waals surface area contributed by atoms with Crippen molar-refractivity contribution in [1.29, 1.82) is 0 Å². The first-order valence-electron chi connectivity index (χ1n) is 5.21. The first-order valence-corrected chi connectivity index (χ1v) is 5.21. The lowest BCUT2D eigenvalue weighted by Crippen LogP contribution is -2.25. The minimum absolute atomic E-state index is 0.141. The molecule has 0 aromatic carbocycles. The lowest BCUT2D eigenvalue weighted by molar-refractivity contribution is -0.124. The fourth-order valence-electron chi connectivity index (χ4n) is 1.52. The van der Waals surface area contributed by atoms with Gasteiger partial charge in [-0.25, -0.2) is 0 Å². The molecule has 1 unspecified atom stereocenters. The number of ketones is 1. The average molecular weight is 200 g/mol. The van der Waals surface area contributed by atoms with Crippen LogP contribution in [0.25, 0.3) is 0 Å². The van der Waals surface area contributed by atoms with Gasteiger partial charge in [0.15, 0.2) is 0 Å². The maximum absolute atomic E-state index is 11.7. The summed E-state index contributed by atoms with van der Waals surface area (Å²) in [6.45, 7) is 5.37. The van der Waals surface area contributed by atoms with E-state index < -0.39 is 0 Å². The summed E-state index contributed by atoms with van der Waals surface area (Å²) in [6, 6.07) is 0. The van der Waals surface area contributed by atoms with Gasteiger partial charge in [-0.1, -0.05) is 0 Å². The number of hydrogen-bond donors (Lipinski definition) is 0. The van der Waals surface area contributed by atoms with Gasteiger partial charge < -0.3 is 9.47 Å². The Balaban J connectivity index is 2.27. The van der Waals surface area contributed by atoms with Crippen molar-refractivity contribution in [1.82, 2.24) is 0 Å². The molecule has 0 aromatic rings. The lowest BCUT2D eigenvalue weighted by Gasteiger charge is -2.22. The van der Waals surface area contributed by atoms with Crippen molar-refractivity contribution in [2.75, 3.05) is 20.3 Å². The van der Waals surface area contributed by atoms with Crippen molar-refractivity contribution in [2.24, 2.45) is 5.92 Å².